The van der Waals surface area contributed by atoms with Crippen LogP contribution < -0.4 is 4.74 Å². The standard InChI is InChI=1S/C18H27NO2/c1-5-8-15(2)19(3)14-17-13-18(21-4)11-10-16(17)9-6-7-12-20/h10-11,13,15,20H,5,7-8,12,14H2,1-4H3. The predicted molar refractivity (Wildman–Crippen MR) is 87.4 cm³/mol. The summed E-state index contributed by atoms with van der Waals surface area (Å²) in [5, 5.41) is 8.84. The maximum Gasteiger partial charge on any atom is 0.119 e. The normalized spacial score (nSPS) is 11.9. The molecule has 0 fully saturated rings. The lowest BCUT2D eigenvalue weighted by molar-refractivity contribution is 0.236. The molecule has 0 aromatic heterocycles. The minimum atomic E-state index is 0.103. The van der Waals surface area contributed by atoms with E-state index in [9.17, 15) is 0 Å². The number of hydrogen-bond donors (Lipinski definition) is 1. The van der Waals surface area contributed by atoms with Crippen LogP contribution in [0.1, 0.15) is 44.2 Å². The van der Waals surface area contributed by atoms with Crippen LogP contribution in [0, 0.1) is 11.8 Å². The monoisotopic (exact) mass is 289 g/mol. The highest BCUT2D eigenvalue weighted by Crippen LogP contribution is 2.20. The molecule has 0 spiro atoms. The van der Waals surface area contributed by atoms with E-state index in [1.54, 1.807) is 7.11 Å². The zero-order valence-electron chi connectivity index (χ0n) is 13.6. The summed E-state index contributed by atoms with van der Waals surface area (Å²) in [4.78, 5) is 2.34. The molecule has 3 nitrogen and oxygen atoms in total. The number of hydrogen-bond acceptors (Lipinski definition) is 3. The Hall–Kier alpha value is -1.50. The molecule has 1 unspecified atom stereocenters. The maximum absolute atomic E-state index is 8.84. The van der Waals surface area contributed by atoms with Crippen LogP contribution >= 0.6 is 0 Å². The summed E-state index contributed by atoms with van der Waals surface area (Å²) in [5.74, 6) is 7.00. The van der Waals surface area contributed by atoms with Crippen LogP contribution in [0.2, 0.25) is 0 Å². The van der Waals surface area contributed by atoms with Gasteiger partial charge in [0.05, 0.1) is 13.7 Å². The molecule has 3 heteroatoms. The molecule has 116 valence electrons. The van der Waals surface area contributed by atoms with Gasteiger partial charge in [0.2, 0.25) is 0 Å². The molecule has 0 aliphatic heterocycles. The third-order valence-electron chi connectivity index (χ3n) is 3.65. The van der Waals surface area contributed by atoms with Gasteiger partial charge in [-0.15, -0.1) is 0 Å². The summed E-state index contributed by atoms with van der Waals surface area (Å²) in [7, 11) is 3.82. The largest absolute Gasteiger partial charge is 0.497 e. The number of rotatable bonds is 7. The summed E-state index contributed by atoms with van der Waals surface area (Å²) >= 11 is 0. The average Bonchev–Trinajstić information content (AvgIpc) is 2.49. The molecule has 0 saturated carbocycles. The molecule has 0 radical (unpaired) electrons. The van der Waals surface area contributed by atoms with E-state index in [0.29, 0.717) is 12.5 Å². The van der Waals surface area contributed by atoms with Gasteiger partial charge in [-0.2, -0.15) is 0 Å². The number of nitrogens with zero attached hydrogens (tertiary/aromatic N) is 1. The van der Waals surface area contributed by atoms with Gasteiger partial charge in [-0.05, 0) is 44.2 Å². The Bertz CT molecular complexity index is 488. The quantitative estimate of drug-likeness (QED) is 0.783. The Morgan fingerprint density at radius 1 is 1.38 bits per heavy atom. The molecule has 0 saturated heterocycles. The van der Waals surface area contributed by atoms with Gasteiger partial charge in [-0.3, -0.25) is 4.90 Å². The van der Waals surface area contributed by atoms with Gasteiger partial charge >= 0.3 is 0 Å². The van der Waals surface area contributed by atoms with Crippen LogP contribution in [0.25, 0.3) is 0 Å². The van der Waals surface area contributed by atoms with Crippen molar-refractivity contribution in [2.24, 2.45) is 0 Å². The highest BCUT2D eigenvalue weighted by atomic mass is 16.5. The third-order valence-corrected chi connectivity index (χ3v) is 3.65. The Labute approximate surface area is 128 Å². The van der Waals surface area contributed by atoms with Crippen LogP contribution in [0.5, 0.6) is 5.75 Å². The van der Waals surface area contributed by atoms with Crippen LogP contribution in [-0.2, 0) is 6.54 Å². The second-order valence-corrected chi connectivity index (χ2v) is 5.35. The van der Waals surface area contributed by atoms with E-state index in [-0.39, 0.29) is 6.61 Å². The number of aliphatic hydroxyl groups is 1. The zero-order valence-corrected chi connectivity index (χ0v) is 13.6. The summed E-state index contributed by atoms with van der Waals surface area (Å²) in [5.41, 5.74) is 2.19. The fourth-order valence-electron chi connectivity index (χ4n) is 2.23. The minimum Gasteiger partial charge on any atom is -0.497 e. The number of methoxy groups -OCH3 is 1. The molecule has 1 N–H and O–H groups in total. The van der Waals surface area contributed by atoms with E-state index in [4.69, 9.17) is 9.84 Å². The van der Waals surface area contributed by atoms with Crippen molar-refractivity contribution in [1.29, 1.82) is 0 Å². The molecule has 0 amide bonds. The second-order valence-electron chi connectivity index (χ2n) is 5.35. The van der Waals surface area contributed by atoms with Gasteiger partial charge < -0.3 is 9.84 Å². The summed E-state index contributed by atoms with van der Waals surface area (Å²) in [6, 6.07) is 6.52. The molecular weight excluding hydrogens is 262 g/mol. The first-order chi connectivity index (χ1) is 10.1. The molecule has 0 aliphatic carbocycles. The molecule has 1 aromatic carbocycles. The van der Waals surface area contributed by atoms with Crippen LogP contribution in [0.4, 0.5) is 0 Å². The number of aliphatic hydroxyl groups excluding tert-OH is 1. The first kappa shape index (κ1) is 17.6. The minimum absolute atomic E-state index is 0.103. The summed E-state index contributed by atoms with van der Waals surface area (Å²) in [6.45, 7) is 5.41. The van der Waals surface area contributed by atoms with Crippen molar-refractivity contribution in [2.45, 2.75) is 45.7 Å². The summed E-state index contributed by atoms with van der Waals surface area (Å²) < 4.78 is 5.32. The smallest absolute Gasteiger partial charge is 0.119 e. The first-order valence-electron chi connectivity index (χ1n) is 7.59. The molecule has 1 aromatic rings. The molecule has 0 aliphatic rings. The van der Waals surface area contributed by atoms with Crippen molar-refractivity contribution >= 4 is 0 Å². The third kappa shape index (κ3) is 5.79. The number of benzene rings is 1. The van der Waals surface area contributed by atoms with E-state index in [1.165, 1.54) is 18.4 Å². The van der Waals surface area contributed by atoms with E-state index >= 15 is 0 Å². The Balaban J connectivity index is 2.93. The molecule has 0 heterocycles. The SMILES string of the molecule is CCCC(C)N(C)Cc1cc(OC)ccc1C#CCCO. The van der Waals surface area contributed by atoms with Crippen molar-refractivity contribution in [3.63, 3.8) is 0 Å². The van der Waals surface area contributed by atoms with E-state index < -0.39 is 0 Å². The zero-order chi connectivity index (χ0) is 15.7. The Morgan fingerprint density at radius 3 is 2.76 bits per heavy atom. The second kappa shape index (κ2) is 9.44. The van der Waals surface area contributed by atoms with Crippen molar-refractivity contribution < 1.29 is 9.84 Å². The van der Waals surface area contributed by atoms with E-state index in [1.807, 2.05) is 12.1 Å². The molecule has 21 heavy (non-hydrogen) atoms. The first-order valence-corrected chi connectivity index (χ1v) is 7.59. The molecular formula is C18H27NO2. The van der Waals surface area contributed by atoms with Gasteiger partial charge in [-0.1, -0.05) is 25.2 Å². The lowest BCUT2D eigenvalue weighted by Gasteiger charge is -2.25. The highest BCUT2D eigenvalue weighted by Gasteiger charge is 2.11. The van der Waals surface area contributed by atoms with Gasteiger partial charge in [0, 0.05) is 24.6 Å². The fourth-order valence-corrected chi connectivity index (χ4v) is 2.23. The lowest BCUT2D eigenvalue weighted by atomic mass is 10.1. The fraction of sp³-hybridized carbons (Fsp3) is 0.556. The molecule has 1 atom stereocenters. The lowest BCUT2D eigenvalue weighted by Crippen LogP contribution is -2.28. The molecule has 1 rings (SSSR count). The van der Waals surface area contributed by atoms with Gasteiger partial charge in [0.25, 0.3) is 0 Å². The van der Waals surface area contributed by atoms with Crippen molar-refractivity contribution in [2.75, 3.05) is 20.8 Å². The van der Waals surface area contributed by atoms with Crippen molar-refractivity contribution in [1.82, 2.24) is 4.90 Å². The Morgan fingerprint density at radius 2 is 2.14 bits per heavy atom. The van der Waals surface area contributed by atoms with Crippen LogP contribution in [0.15, 0.2) is 18.2 Å². The highest BCUT2D eigenvalue weighted by molar-refractivity contribution is 5.45. The van der Waals surface area contributed by atoms with Crippen LogP contribution in [-0.4, -0.2) is 36.8 Å². The Kier molecular flexibility index (Phi) is 7.89. The predicted octanol–water partition coefficient (Wildman–Crippen LogP) is 3.05. The topological polar surface area (TPSA) is 32.7 Å². The van der Waals surface area contributed by atoms with Crippen molar-refractivity contribution in [3.8, 4) is 17.6 Å². The maximum atomic E-state index is 8.84. The number of ether oxygens (including phenoxy) is 1. The van der Waals surface area contributed by atoms with Crippen molar-refractivity contribution in [3.05, 3.63) is 29.3 Å². The van der Waals surface area contributed by atoms with Gasteiger partial charge in [0.15, 0.2) is 0 Å². The van der Waals surface area contributed by atoms with Crippen LogP contribution in [0.3, 0.4) is 0 Å². The summed E-state index contributed by atoms with van der Waals surface area (Å²) in [6.07, 6.45) is 2.88. The molecule has 0 bridgehead atoms. The van der Waals surface area contributed by atoms with Gasteiger partial charge in [0.1, 0.15) is 5.75 Å². The van der Waals surface area contributed by atoms with E-state index in [2.05, 4.69) is 43.7 Å². The van der Waals surface area contributed by atoms with E-state index in [0.717, 1.165) is 17.9 Å². The van der Waals surface area contributed by atoms with Gasteiger partial charge in [-0.25, -0.2) is 0 Å². The average molecular weight is 289 g/mol.